The Morgan fingerprint density at radius 1 is 1.07 bits per heavy atom. The molecule has 5 nitrogen and oxygen atoms in total. The van der Waals surface area contributed by atoms with Crippen LogP contribution in [0.5, 0.6) is 0 Å². The lowest BCUT2D eigenvalue weighted by Crippen LogP contribution is -2.42. The van der Waals surface area contributed by atoms with Crippen LogP contribution in [0.2, 0.25) is 0 Å². The second kappa shape index (κ2) is 7.35. The van der Waals surface area contributed by atoms with Crippen LogP contribution in [-0.4, -0.2) is 33.5 Å². The summed E-state index contributed by atoms with van der Waals surface area (Å²) >= 11 is 0. The minimum Gasteiger partial charge on any atom is -0.336 e. The molecule has 0 radical (unpaired) electrons. The molecule has 1 aromatic heterocycles. The summed E-state index contributed by atoms with van der Waals surface area (Å²) in [6.07, 6.45) is 3.28. The number of hydrogen-bond donors (Lipinski definition) is 0. The van der Waals surface area contributed by atoms with Gasteiger partial charge in [0.25, 0.3) is 11.8 Å². The van der Waals surface area contributed by atoms with Crippen molar-refractivity contribution in [3.8, 4) is 22.8 Å². The minimum absolute atomic E-state index is 0.0356. The molecule has 1 aliphatic heterocycles. The van der Waals surface area contributed by atoms with Crippen molar-refractivity contribution in [2.45, 2.75) is 39.2 Å². The first-order valence-corrected chi connectivity index (χ1v) is 9.45. The fraction of sp³-hybridized carbons (Fsp3) is 0.318. The maximum atomic E-state index is 13.2. The highest BCUT2D eigenvalue weighted by molar-refractivity contribution is 6.00. The molecule has 5 heteroatoms. The molecule has 0 N–H and O–H groups in total. The van der Waals surface area contributed by atoms with Crippen molar-refractivity contribution in [3.63, 3.8) is 0 Å². The lowest BCUT2D eigenvalue weighted by molar-refractivity contribution is 0.0636. The van der Waals surface area contributed by atoms with Crippen LogP contribution >= 0.6 is 0 Å². The van der Waals surface area contributed by atoms with E-state index in [0.717, 1.165) is 30.5 Å². The minimum atomic E-state index is 0.0356. The van der Waals surface area contributed by atoms with E-state index in [9.17, 15) is 4.79 Å². The van der Waals surface area contributed by atoms with Crippen LogP contribution in [0.3, 0.4) is 0 Å². The van der Waals surface area contributed by atoms with E-state index in [1.54, 1.807) is 0 Å². The molecule has 1 atom stereocenters. The van der Waals surface area contributed by atoms with Crippen molar-refractivity contribution >= 4 is 5.91 Å². The average Bonchev–Trinajstić information content (AvgIpc) is 3.18. The predicted molar refractivity (Wildman–Crippen MR) is 104 cm³/mol. The molecule has 1 fully saturated rings. The highest BCUT2D eigenvalue weighted by atomic mass is 16.5. The number of aromatic nitrogens is 2. The number of carbonyl (C=O) groups excluding carboxylic acids is 1. The van der Waals surface area contributed by atoms with Crippen LogP contribution in [0.4, 0.5) is 0 Å². The summed E-state index contributed by atoms with van der Waals surface area (Å²) in [5, 5.41) is 4.14. The molecule has 27 heavy (non-hydrogen) atoms. The molecular weight excluding hydrogens is 338 g/mol. The van der Waals surface area contributed by atoms with Crippen LogP contribution in [0, 0.1) is 6.92 Å². The van der Waals surface area contributed by atoms with Gasteiger partial charge in [0.15, 0.2) is 0 Å². The topological polar surface area (TPSA) is 59.2 Å². The van der Waals surface area contributed by atoms with E-state index in [1.807, 2.05) is 60.4 Å². The molecule has 2 aromatic carbocycles. The molecule has 0 aliphatic carbocycles. The third-order valence-corrected chi connectivity index (χ3v) is 5.26. The van der Waals surface area contributed by atoms with Crippen molar-refractivity contribution in [1.29, 1.82) is 0 Å². The number of nitrogens with zero attached hydrogens (tertiary/aromatic N) is 3. The Balaban J connectivity index is 1.70. The van der Waals surface area contributed by atoms with E-state index < -0.39 is 0 Å². The van der Waals surface area contributed by atoms with Gasteiger partial charge in [-0.3, -0.25) is 4.79 Å². The highest BCUT2D eigenvalue weighted by Gasteiger charge is 2.27. The Labute approximate surface area is 159 Å². The molecule has 0 bridgehead atoms. The zero-order valence-electron chi connectivity index (χ0n) is 15.7. The van der Waals surface area contributed by atoms with Crippen molar-refractivity contribution < 1.29 is 9.32 Å². The molecule has 1 aliphatic rings. The SMILES string of the molecule is Cc1ccccc1-c1noc(-c2ccccc2C(=O)N2CCCCC2C)n1. The highest BCUT2D eigenvalue weighted by Crippen LogP contribution is 2.28. The fourth-order valence-electron chi connectivity index (χ4n) is 3.68. The van der Waals surface area contributed by atoms with E-state index in [-0.39, 0.29) is 11.9 Å². The summed E-state index contributed by atoms with van der Waals surface area (Å²) in [6, 6.07) is 15.7. The van der Waals surface area contributed by atoms with Crippen molar-refractivity contribution in [2.24, 2.45) is 0 Å². The summed E-state index contributed by atoms with van der Waals surface area (Å²) in [4.78, 5) is 19.7. The number of piperidine rings is 1. The van der Waals surface area contributed by atoms with Gasteiger partial charge in [0.1, 0.15) is 0 Å². The Morgan fingerprint density at radius 2 is 1.81 bits per heavy atom. The van der Waals surface area contributed by atoms with Gasteiger partial charge >= 0.3 is 0 Å². The molecule has 3 aromatic rings. The van der Waals surface area contributed by atoms with Gasteiger partial charge in [0, 0.05) is 18.2 Å². The van der Waals surface area contributed by atoms with E-state index in [4.69, 9.17) is 4.52 Å². The second-order valence-electron chi connectivity index (χ2n) is 7.13. The summed E-state index contributed by atoms with van der Waals surface area (Å²) in [6.45, 7) is 4.93. The number of aryl methyl sites for hydroxylation is 1. The molecule has 0 saturated carbocycles. The molecular formula is C22H23N3O2. The first-order valence-electron chi connectivity index (χ1n) is 9.45. The summed E-state index contributed by atoms with van der Waals surface area (Å²) < 4.78 is 5.53. The fourth-order valence-corrected chi connectivity index (χ4v) is 3.68. The number of likely N-dealkylation sites (tertiary alicyclic amines) is 1. The van der Waals surface area contributed by atoms with Gasteiger partial charge in [-0.1, -0.05) is 41.6 Å². The van der Waals surface area contributed by atoms with Crippen LogP contribution in [0.25, 0.3) is 22.8 Å². The summed E-state index contributed by atoms with van der Waals surface area (Å²) in [7, 11) is 0. The van der Waals surface area contributed by atoms with Crippen molar-refractivity contribution in [2.75, 3.05) is 6.54 Å². The quantitative estimate of drug-likeness (QED) is 0.677. The first-order chi connectivity index (χ1) is 13.1. The van der Waals surface area contributed by atoms with Crippen LogP contribution in [0.1, 0.15) is 42.1 Å². The van der Waals surface area contributed by atoms with Gasteiger partial charge in [0.2, 0.25) is 5.82 Å². The van der Waals surface area contributed by atoms with Gasteiger partial charge in [-0.05, 0) is 50.8 Å². The maximum Gasteiger partial charge on any atom is 0.259 e. The number of benzene rings is 2. The van der Waals surface area contributed by atoms with E-state index in [0.29, 0.717) is 22.8 Å². The third kappa shape index (κ3) is 3.37. The monoisotopic (exact) mass is 361 g/mol. The Morgan fingerprint density at radius 3 is 2.59 bits per heavy atom. The summed E-state index contributed by atoms with van der Waals surface area (Å²) in [5.74, 6) is 0.951. The average molecular weight is 361 g/mol. The third-order valence-electron chi connectivity index (χ3n) is 5.26. The molecule has 4 rings (SSSR count). The largest absolute Gasteiger partial charge is 0.336 e. The number of hydrogen-bond acceptors (Lipinski definition) is 4. The van der Waals surface area contributed by atoms with E-state index in [2.05, 4.69) is 17.1 Å². The van der Waals surface area contributed by atoms with Gasteiger partial charge in [-0.2, -0.15) is 4.98 Å². The first kappa shape index (κ1) is 17.5. The van der Waals surface area contributed by atoms with E-state index >= 15 is 0 Å². The lowest BCUT2D eigenvalue weighted by Gasteiger charge is -2.33. The van der Waals surface area contributed by atoms with Crippen LogP contribution in [0.15, 0.2) is 53.1 Å². The number of amides is 1. The van der Waals surface area contributed by atoms with Crippen molar-refractivity contribution in [1.82, 2.24) is 15.0 Å². The van der Waals surface area contributed by atoms with Gasteiger partial charge < -0.3 is 9.42 Å². The van der Waals surface area contributed by atoms with Gasteiger partial charge in [0.05, 0.1) is 11.1 Å². The Kier molecular flexibility index (Phi) is 4.75. The number of rotatable bonds is 3. The summed E-state index contributed by atoms with van der Waals surface area (Å²) in [5.41, 5.74) is 3.32. The Bertz CT molecular complexity index is 963. The molecule has 1 saturated heterocycles. The molecule has 2 heterocycles. The zero-order chi connectivity index (χ0) is 18.8. The lowest BCUT2D eigenvalue weighted by atomic mass is 10.00. The maximum absolute atomic E-state index is 13.2. The van der Waals surface area contributed by atoms with Crippen LogP contribution < -0.4 is 0 Å². The standard InChI is InChI=1S/C22H23N3O2/c1-15-9-3-4-11-17(15)20-23-21(27-24-20)18-12-5-6-13-19(18)22(26)25-14-8-7-10-16(25)2/h3-6,9,11-13,16H,7-8,10,14H2,1-2H3. The smallest absolute Gasteiger partial charge is 0.259 e. The normalized spacial score (nSPS) is 17.1. The predicted octanol–water partition coefficient (Wildman–Crippen LogP) is 4.73. The van der Waals surface area contributed by atoms with E-state index in [1.165, 1.54) is 6.42 Å². The Hall–Kier alpha value is -2.95. The molecule has 1 unspecified atom stereocenters. The molecule has 1 amide bonds. The second-order valence-corrected chi connectivity index (χ2v) is 7.13. The van der Waals surface area contributed by atoms with Crippen molar-refractivity contribution in [3.05, 3.63) is 59.7 Å². The molecule has 138 valence electrons. The number of carbonyl (C=O) groups is 1. The molecule has 0 spiro atoms. The van der Waals surface area contributed by atoms with Crippen LogP contribution in [-0.2, 0) is 0 Å². The van der Waals surface area contributed by atoms with Gasteiger partial charge in [-0.15, -0.1) is 0 Å². The zero-order valence-corrected chi connectivity index (χ0v) is 15.7. The van der Waals surface area contributed by atoms with Gasteiger partial charge in [-0.25, -0.2) is 0 Å².